The summed E-state index contributed by atoms with van der Waals surface area (Å²) < 4.78 is 0. The fourth-order valence-electron chi connectivity index (χ4n) is 5.92. The summed E-state index contributed by atoms with van der Waals surface area (Å²) in [5.41, 5.74) is 8.84. The SMILES string of the molecule is CCC#Cc1ccc(C2C=C2C(C)c2cc(C3CCCCC3)ccc2CC)c2ccccc12. The molecule has 0 aliphatic heterocycles. The van der Waals surface area contributed by atoms with Crippen LogP contribution in [0.15, 0.2) is 66.2 Å². The van der Waals surface area contributed by atoms with E-state index in [1.54, 1.807) is 16.7 Å². The van der Waals surface area contributed by atoms with Crippen LogP contribution >= 0.6 is 0 Å². The van der Waals surface area contributed by atoms with Crippen LogP contribution in [0.1, 0.15) is 105 Å². The van der Waals surface area contributed by atoms with E-state index in [-0.39, 0.29) is 0 Å². The maximum absolute atomic E-state index is 3.37. The van der Waals surface area contributed by atoms with E-state index in [0.717, 1.165) is 24.3 Å². The van der Waals surface area contributed by atoms with Gasteiger partial charge in [0.2, 0.25) is 0 Å². The number of hydrogen-bond acceptors (Lipinski definition) is 0. The molecule has 1 fully saturated rings. The molecule has 0 spiro atoms. The van der Waals surface area contributed by atoms with Crippen molar-refractivity contribution in [2.45, 2.75) is 83.5 Å². The summed E-state index contributed by atoms with van der Waals surface area (Å²) in [4.78, 5) is 0. The molecule has 2 aliphatic rings. The first-order valence-corrected chi connectivity index (χ1v) is 13.1. The van der Waals surface area contributed by atoms with Gasteiger partial charge in [-0.2, -0.15) is 0 Å². The molecule has 2 unspecified atom stereocenters. The number of aryl methyl sites for hydroxylation is 1. The smallest absolute Gasteiger partial charge is 0.0323 e. The summed E-state index contributed by atoms with van der Waals surface area (Å²) in [6.07, 6.45) is 11.4. The van der Waals surface area contributed by atoms with Gasteiger partial charge in [-0.3, -0.25) is 0 Å². The summed E-state index contributed by atoms with van der Waals surface area (Å²) in [6.45, 7) is 6.83. The molecule has 2 aliphatic carbocycles. The van der Waals surface area contributed by atoms with E-state index < -0.39 is 0 Å². The van der Waals surface area contributed by atoms with Crippen molar-refractivity contribution in [2.75, 3.05) is 0 Å². The Morgan fingerprint density at radius 2 is 1.70 bits per heavy atom. The van der Waals surface area contributed by atoms with Crippen LogP contribution in [-0.2, 0) is 6.42 Å². The minimum atomic E-state index is 0.459. The molecule has 0 bridgehead atoms. The Balaban J connectivity index is 1.44. The fraction of sp³-hybridized carbons (Fsp3) is 0.394. The number of benzene rings is 3. The van der Waals surface area contributed by atoms with Crippen LogP contribution in [0.25, 0.3) is 10.8 Å². The van der Waals surface area contributed by atoms with Gasteiger partial charge in [0.1, 0.15) is 0 Å². The molecule has 3 aromatic rings. The van der Waals surface area contributed by atoms with Crippen LogP contribution in [-0.4, -0.2) is 0 Å². The Morgan fingerprint density at radius 1 is 0.909 bits per heavy atom. The number of fused-ring (bicyclic) bond motifs is 1. The highest BCUT2D eigenvalue weighted by atomic mass is 14.4. The molecule has 2 atom stereocenters. The van der Waals surface area contributed by atoms with E-state index in [4.69, 9.17) is 0 Å². The van der Waals surface area contributed by atoms with Crippen LogP contribution in [0.5, 0.6) is 0 Å². The Bertz CT molecular complexity index is 1240. The number of rotatable bonds is 5. The molecule has 0 heteroatoms. The van der Waals surface area contributed by atoms with Crippen LogP contribution in [0.3, 0.4) is 0 Å². The molecule has 0 saturated heterocycles. The van der Waals surface area contributed by atoms with Crippen molar-refractivity contribution >= 4 is 10.8 Å². The van der Waals surface area contributed by atoms with Crippen molar-refractivity contribution in [1.82, 2.24) is 0 Å². The van der Waals surface area contributed by atoms with E-state index in [0.29, 0.717) is 11.8 Å². The third-order valence-electron chi connectivity index (χ3n) is 7.90. The Kier molecular flexibility index (Phi) is 6.41. The van der Waals surface area contributed by atoms with Gasteiger partial charge in [0.15, 0.2) is 0 Å². The largest absolute Gasteiger partial charge is 0.0982 e. The molecule has 0 N–H and O–H groups in total. The van der Waals surface area contributed by atoms with Crippen molar-refractivity contribution in [3.05, 3.63) is 94.1 Å². The molecule has 0 nitrogen and oxygen atoms in total. The highest BCUT2D eigenvalue weighted by molar-refractivity contribution is 5.92. The van der Waals surface area contributed by atoms with E-state index in [2.05, 4.69) is 93.3 Å². The lowest BCUT2D eigenvalue weighted by atomic mass is 9.81. The molecule has 0 aromatic heterocycles. The third-order valence-corrected chi connectivity index (χ3v) is 7.90. The second-order valence-electron chi connectivity index (χ2n) is 9.92. The maximum atomic E-state index is 3.37. The van der Waals surface area contributed by atoms with Gasteiger partial charge in [-0.25, -0.2) is 0 Å². The van der Waals surface area contributed by atoms with E-state index in [1.807, 2.05) is 0 Å². The first-order chi connectivity index (χ1) is 16.2. The second-order valence-corrected chi connectivity index (χ2v) is 9.92. The van der Waals surface area contributed by atoms with E-state index >= 15 is 0 Å². The summed E-state index contributed by atoms with van der Waals surface area (Å²) >= 11 is 0. The van der Waals surface area contributed by atoms with Crippen LogP contribution in [0.2, 0.25) is 0 Å². The predicted molar refractivity (Wildman–Crippen MR) is 142 cm³/mol. The highest BCUT2D eigenvalue weighted by Gasteiger charge is 2.33. The first-order valence-electron chi connectivity index (χ1n) is 13.1. The molecular weight excluding hydrogens is 396 g/mol. The maximum Gasteiger partial charge on any atom is 0.0323 e. The quantitative estimate of drug-likeness (QED) is 0.279. The minimum Gasteiger partial charge on any atom is -0.0982 e. The van der Waals surface area contributed by atoms with Crippen molar-refractivity contribution in [2.24, 2.45) is 0 Å². The summed E-state index contributed by atoms with van der Waals surface area (Å²) in [5, 5.41) is 2.65. The lowest BCUT2D eigenvalue weighted by molar-refractivity contribution is 0.443. The van der Waals surface area contributed by atoms with Crippen LogP contribution in [0.4, 0.5) is 0 Å². The van der Waals surface area contributed by atoms with Crippen molar-refractivity contribution in [1.29, 1.82) is 0 Å². The standard InChI is InChI=1S/C33H36/c1-4-6-12-26-19-20-30(29-16-11-10-15-28(26)29)33-22-32(33)23(3)31-21-27(18-17-24(31)5-2)25-13-8-7-9-14-25/h10-11,15-23,25,33H,4-5,7-9,13-14H2,1-3H3. The van der Waals surface area contributed by atoms with Gasteiger partial charge in [0.05, 0.1) is 0 Å². The van der Waals surface area contributed by atoms with Gasteiger partial charge in [-0.05, 0) is 64.3 Å². The average Bonchev–Trinajstić information content (AvgIpc) is 3.67. The molecular formula is C33H36. The van der Waals surface area contributed by atoms with Crippen LogP contribution in [0, 0.1) is 11.8 Å². The Labute approximate surface area is 200 Å². The van der Waals surface area contributed by atoms with Crippen molar-refractivity contribution in [3.63, 3.8) is 0 Å². The summed E-state index contributed by atoms with van der Waals surface area (Å²) in [6, 6.07) is 20.8. The third kappa shape index (κ3) is 4.39. The van der Waals surface area contributed by atoms with Gasteiger partial charge in [0, 0.05) is 23.8 Å². The molecule has 1 saturated carbocycles. The molecule has 168 valence electrons. The lowest BCUT2D eigenvalue weighted by Gasteiger charge is -2.24. The van der Waals surface area contributed by atoms with Gasteiger partial charge < -0.3 is 0 Å². The molecule has 33 heavy (non-hydrogen) atoms. The van der Waals surface area contributed by atoms with Crippen molar-refractivity contribution in [3.8, 4) is 11.8 Å². The Morgan fingerprint density at radius 3 is 2.45 bits per heavy atom. The van der Waals surface area contributed by atoms with E-state index in [1.165, 1.54) is 54.0 Å². The van der Waals surface area contributed by atoms with Gasteiger partial charge in [-0.1, -0.05) is 112 Å². The Hall–Kier alpha value is -2.78. The molecule has 5 rings (SSSR count). The lowest BCUT2D eigenvalue weighted by Crippen LogP contribution is -2.07. The fourth-order valence-corrected chi connectivity index (χ4v) is 5.92. The van der Waals surface area contributed by atoms with Gasteiger partial charge in [-0.15, -0.1) is 0 Å². The predicted octanol–water partition coefficient (Wildman–Crippen LogP) is 9.04. The minimum absolute atomic E-state index is 0.459. The molecule has 0 amide bonds. The van der Waals surface area contributed by atoms with Crippen molar-refractivity contribution < 1.29 is 0 Å². The molecule has 3 aromatic carbocycles. The zero-order chi connectivity index (χ0) is 22.8. The van der Waals surface area contributed by atoms with Gasteiger partial charge in [0.25, 0.3) is 0 Å². The van der Waals surface area contributed by atoms with Crippen LogP contribution < -0.4 is 0 Å². The first kappa shape index (κ1) is 22.0. The monoisotopic (exact) mass is 432 g/mol. The summed E-state index contributed by atoms with van der Waals surface area (Å²) in [5.74, 6) is 8.32. The second kappa shape index (κ2) is 9.61. The van der Waals surface area contributed by atoms with Gasteiger partial charge >= 0.3 is 0 Å². The highest BCUT2D eigenvalue weighted by Crippen LogP contribution is 2.50. The zero-order valence-corrected chi connectivity index (χ0v) is 20.5. The molecule has 0 heterocycles. The van der Waals surface area contributed by atoms with E-state index in [9.17, 15) is 0 Å². The average molecular weight is 433 g/mol. The molecule has 0 radical (unpaired) electrons. The topological polar surface area (TPSA) is 0 Å². The number of hydrogen-bond donors (Lipinski definition) is 0. The zero-order valence-electron chi connectivity index (χ0n) is 20.5. The number of allylic oxidation sites excluding steroid dienone is 2. The summed E-state index contributed by atoms with van der Waals surface area (Å²) in [7, 11) is 0. The normalized spacial score (nSPS) is 19.0.